The van der Waals surface area contributed by atoms with E-state index in [2.05, 4.69) is 58.0 Å². The van der Waals surface area contributed by atoms with Gasteiger partial charge in [0.25, 0.3) is 0 Å². The van der Waals surface area contributed by atoms with E-state index in [0.29, 0.717) is 24.9 Å². The van der Waals surface area contributed by atoms with Crippen LogP contribution in [0.1, 0.15) is 33.3 Å². The molecule has 27 heavy (non-hydrogen) atoms. The van der Waals surface area contributed by atoms with Gasteiger partial charge in [-0.1, -0.05) is 76.2 Å². The lowest BCUT2D eigenvalue weighted by Crippen LogP contribution is -2.37. The molecule has 3 aromatic carbocycles. The third-order valence-corrected chi connectivity index (χ3v) is 4.65. The molecule has 0 aliphatic heterocycles. The van der Waals surface area contributed by atoms with Crippen LogP contribution < -0.4 is 0 Å². The molecule has 142 valence electrons. The molecule has 0 heterocycles. The molecule has 0 aliphatic rings. The van der Waals surface area contributed by atoms with Crippen molar-refractivity contribution in [2.75, 3.05) is 13.1 Å². The molecule has 3 rings (SSSR count). The van der Waals surface area contributed by atoms with Crippen molar-refractivity contribution in [1.82, 2.24) is 4.90 Å². The molecule has 0 radical (unpaired) electrons. The van der Waals surface area contributed by atoms with Gasteiger partial charge < -0.3 is 9.64 Å². The van der Waals surface area contributed by atoms with Crippen molar-refractivity contribution in [3.8, 4) is 0 Å². The standard InChI is InChI=1S/C24H29NO2/c1-17(2)14-25(15-18(3)4)24(26)27-16-23-21-11-7-5-9-19(21)13-20-10-6-8-12-22(20)23/h5-13,17-18H,14-16H2,1-4H3. The van der Waals surface area contributed by atoms with E-state index < -0.39 is 0 Å². The first-order valence-electron chi connectivity index (χ1n) is 9.76. The van der Waals surface area contributed by atoms with Crippen LogP contribution >= 0.6 is 0 Å². The molecular weight excluding hydrogens is 334 g/mol. The predicted octanol–water partition coefficient (Wildman–Crippen LogP) is 6.24. The SMILES string of the molecule is CC(C)CN(CC(C)C)C(=O)OCc1c2ccccc2cc2ccccc12. The second-order valence-corrected chi connectivity index (χ2v) is 8.04. The van der Waals surface area contributed by atoms with Gasteiger partial charge in [0, 0.05) is 18.7 Å². The summed E-state index contributed by atoms with van der Waals surface area (Å²) in [5, 5.41) is 4.62. The Kier molecular flexibility index (Phi) is 6.00. The van der Waals surface area contributed by atoms with Gasteiger partial charge >= 0.3 is 6.09 Å². The summed E-state index contributed by atoms with van der Waals surface area (Å²) in [4.78, 5) is 14.6. The first-order valence-corrected chi connectivity index (χ1v) is 9.76. The Morgan fingerprint density at radius 2 is 1.33 bits per heavy atom. The summed E-state index contributed by atoms with van der Waals surface area (Å²) in [6, 6.07) is 18.8. The molecule has 0 bridgehead atoms. The van der Waals surface area contributed by atoms with Gasteiger partial charge in [-0.25, -0.2) is 4.79 Å². The zero-order chi connectivity index (χ0) is 19.4. The van der Waals surface area contributed by atoms with Crippen LogP contribution in [-0.4, -0.2) is 24.1 Å². The fourth-order valence-corrected chi connectivity index (χ4v) is 3.59. The second kappa shape index (κ2) is 8.43. The molecule has 0 fully saturated rings. The summed E-state index contributed by atoms with van der Waals surface area (Å²) in [7, 11) is 0. The molecule has 0 atom stereocenters. The smallest absolute Gasteiger partial charge is 0.410 e. The van der Waals surface area contributed by atoms with Gasteiger partial charge in [-0.2, -0.15) is 0 Å². The third kappa shape index (κ3) is 4.60. The molecule has 0 N–H and O–H groups in total. The van der Waals surface area contributed by atoms with Crippen LogP contribution in [0.2, 0.25) is 0 Å². The number of carbonyl (C=O) groups is 1. The number of rotatable bonds is 6. The highest BCUT2D eigenvalue weighted by Crippen LogP contribution is 2.29. The number of benzene rings is 3. The second-order valence-electron chi connectivity index (χ2n) is 8.04. The molecule has 1 amide bonds. The lowest BCUT2D eigenvalue weighted by Gasteiger charge is -2.26. The molecular formula is C24H29NO2. The Morgan fingerprint density at radius 1 is 0.852 bits per heavy atom. The Bertz CT molecular complexity index is 866. The van der Waals surface area contributed by atoms with Crippen molar-refractivity contribution in [2.24, 2.45) is 11.8 Å². The topological polar surface area (TPSA) is 29.5 Å². The van der Waals surface area contributed by atoms with Gasteiger partial charge in [0.1, 0.15) is 6.61 Å². The van der Waals surface area contributed by atoms with Crippen LogP contribution in [0.4, 0.5) is 4.79 Å². The summed E-state index contributed by atoms with van der Waals surface area (Å²) < 4.78 is 5.80. The Hall–Kier alpha value is -2.55. The van der Waals surface area contributed by atoms with Gasteiger partial charge in [0.05, 0.1) is 0 Å². The lowest BCUT2D eigenvalue weighted by molar-refractivity contribution is 0.0882. The summed E-state index contributed by atoms with van der Waals surface area (Å²) in [6.07, 6.45) is -0.227. The molecule has 3 nitrogen and oxygen atoms in total. The van der Waals surface area contributed by atoms with Crippen LogP contribution in [0.25, 0.3) is 21.5 Å². The van der Waals surface area contributed by atoms with Gasteiger partial charge in [-0.3, -0.25) is 0 Å². The number of hydrogen-bond donors (Lipinski definition) is 0. The van der Waals surface area contributed by atoms with Crippen molar-refractivity contribution in [2.45, 2.75) is 34.3 Å². The lowest BCUT2D eigenvalue weighted by atomic mass is 9.97. The average molecular weight is 364 g/mol. The minimum absolute atomic E-state index is 0.227. The molecule has 0 saturated carbocycles. The van der Waals surface area contributed by atoms with Crippen molar-refractivity contribution in [3.05, 3.63) is 60.2 Å². The summed E-state index contributed by atoms with van der Waals surface area (Å²) in [6.45, 7) is 10.2. The van der Waals surface area contributed by atoms with Crippen LogP contribution in [0.15, 0.2) is 54.6 Å². The van der Waals surface area contributed by atoms with E-state index in [1.54, 1.807) is 0 Å². The van der Waals surface area contributed by atoms with Crippen molar-refractivity contribution in [1.29, 1.82) is 0 Å². The van der Waals surface area contributed by atoms with Gasteiger partial charge in [0.15, 0.2) is 0 Å². The van der Waals surface area contributed by atoms with E-state index in [1.165, 1.54) is 10.8 Å². The quantitative estimate of drug-likeness (QED) is 0.485. The first-order chi connectivity index (χ1) is 13.0. The van der Waals surface area contributed by atoms with Gasteiger partial charge in [-0.05, 0) is 39.4 Å². The normalized spacial score (nSPS) is 11.5. The van der Waals surface area contributed by atoms with E-state index in [-0.39, 0.29) is 12.7 Å². The summed E-state index contributed by atoms with van der Waals surface area (Å²) >= 11 is 0. The van der Waals surface area contributed by atoms with Crippen molar-refractivity contribution in [3.63, 3.8) is 0 Å². The van der Waals surface area contributed by atoms with E-state index in [9.17, 15) is 4.79 Å². The molecule has 0 unspecified atom stereocenters. The molecule has 0 aromatic heterocycles. The van der Waals surface area contributed by atoms with Gasteiger partial charge in [-0.15, -0.1) is 0 Å². The highest BCUT2D eigenvalue weighted by molar-refractivity contribution is 6.02. The molecule has 3 aromatic rings. The van der Waals surface area contributed by atoms with E-state index in [4.69, 9.17) is 4.74 Å². The van der Waals surface area contributed by atoms with E-state index >= 15 is 0 Å². The highest BCUT2D eigenvalue weighted by atomic mass is 16.6. The van der Waals surface area contributed by atoms with Crippen molar-refractivity contribution < 1.29 is 9.53 Å². The number of fused-ring (bicyclic) bond motifs is 2. The highest BCUT2D eigenvalue weighted by Gasteiger charge is 2.18. The molecule has 0 spiro atoms. The summed E-state index contributed by atoms with van der Waals surface area (Å²) in [5.74, 6) is 0.823. The monoisotopic (exact) mass is 363 g/mol. The van der Waals surface area contributed by atoms with E-state index in [0.717, 1.165) is 16.3 Å². The Balaban J connectivity index is 1.89. The minimum Gasteiger partial charge on any atom is -0.444 e. The molecule has 0 saturated heterocycles. The number of carbonyl (C=O) groups excluding carboxylic acids is 1. The fourth-order valence-electron chi connectivity index (χ4n) is 3.59. The van der Waals surface area contributed by atoms with Gasteiger partial charge in [0.2, 0.25) is 0 Å². The molecule has 0 aliphatic carbocycles. The average Bonchev–Trinajstić information content (AvgIpc) is 2.63. The van der Waals surface area contributed by atoms with Crippen LogP contribution in [0.5, 0.6) is 0 Å². The van der Waals surface area contributed by atoms with Crippen LogP contribution in [-0.2, 0) is 11.3 Å². The maximum atomic E-state index is 12.8. The number of hydrogen-bond acceptors (Lipinski definition) is 2. The Labute approximate surface area is 161 Å². The maximum Gasteiger partial charge on any atom is 0.410 e. The summed E-state index contributed by atoms with van der Waals surface area (Å²) in [5.41, 5.74) is 1.08. The van der Waals surface area contributed by atoms with E-state index in [1.807, 2.05) is 29.2 Å². The zero-order valence-electron chi connectivity index (χ0n) is 16.7. The first kappa shape index (κ1) is 19.2. The van der Waals surface area contributed by atoms with Crippen molar-refractivity contribution >= 4 is 27.6 Å². The minimum atomic E-state index is -0.227. The fraction of sp³-hybridized carbons (Fsp3) is 0.375. The zero-order valence-corrected chi connectivity index (χ0v) is 16.7. The number of amides is 1. The number of nitrogens with zero attached hydrogens (tertiary/aromatic N) is 1. The number of ether oxygens (including phenoxy) is 1. The van der Waals surface area contributed by atoms with Crippen LogP contribution in [0.3, 0.4) is 0 Å². The third-order valence-electron chi connectivity index (χ3n) is 4.65. The Morgan fingerprint density at radius 3 is 1.81 bits per heavy atom. The largest absolute Gasteiger partial charge is 0.444 e. The predicted molar refractivity (Wildman–Crippen MR) is 113 cm³/mol. The van der Waals surface area contributed by atoms with Crippen LogP contribution in [0, 0.1) is 11.8 Å². The maximum absolute atomic E-state index is 12.8. The molecule has 3 heteroatoms.